The van der Waals surface area contributed by atoms with Gasteiger partial charge in [-0.25, -0.2) is 0 Å². The quantitative estimate of drug-likeness (QED) is 0.170. The highest BCUT2D eigenvalue weighted by atomic mass is 28.3. The SMILES string of the molecule is C[Si]1(C)c2cc(N(c3ccc(-c4ccccc4)cc3)c3ccccc3-c3cccc4ccccc34)ccc2-c2c1ccc1oc3ccccc3c21. The second-order valence-corrected chi connectivity index (χ2v) is 18.4. The molecule has 0 unspecified atom stereocenters. The van der Waals surface area contributed by atoms with Gasteiger partial charge in [-0.1, -0.05) is 147 Å². The summed E-state index contributed by atoms with van der Waals surface area (Å²) in [4.78, 5) is 2.46. The van der Waals surface area contributed by atoms with E-state index in [4.69, 9.17) is 4.42 Å². The lowest BCUT2D eigenvalue weighted by atomic mass is 9.95. The lowest BCUT2D eigenvalue weighted by Crippen LogP contribution is -2.49. The molecule has 242 valence electrons. The molecule has 1 aliphatic rings. The van der Waals surface area contributed by atoms with Gasteiger partial charge in [-0.05, 0) is 91.4 Å². The van der Waals surface area contributed by atoms with E-state index in [1.54, 1.807) is 0 Å². The lowest BCUT2D eigenvalue weighted by Gasteiger charge is -2.30. The van der Waals surface area contributed by atoms with Crippen molar-refractivity contribution in [3.05, 3.63) is 176 Å². The average molecular weight is 670 g/mol. The molecule has 2 nitrogen and oxygen atoms in total. The van der Waals surface area contributed by atoms with Crippen LogP contribution in [0.1, 0.15) is 0 Å². The van der Waals surface area contributed by atoms with Crippen LogP contribution in [0.15, 0.2) is 180 Å². The number of para-hydroxylation sites is 2. The fraction of sp³-hybridized carbons (Fsp3) is 0.0417. The number of benzene rings is 8. The van der Waals surface area contributed by atoms with E-state index in [-0.39, 0.29) is 0 Å². The Morgan fingerprint density at radius 3 is 1.98 bits per heavy atom. The highest BCUT2D eigenvalue weighted by Crippen LogP contribution is 2.45. The lowest BCUT2D eigenvalue weighted by molar-refractivity contribution is 0.669. The summed E-state index contributed by atoms with van der Waals surface area (Å²) in [5.41, 5.74) is 12.9. The normalized spacial score (nSPS) is 13.1. The molecular formula is C48H35NOSi. The van der Waals surface area contributed by atoms with Crippen molar-refractivity contribution >= 4 is 68.2 Å². The Bertz CT molecular complexity index is 2770. The van der Waals surface area contributed by atoms with Crippen LogP contribution in [-0.2, 0) is 0 Å². The maximum Gasteiger partial charge on any atom is 0.136 e. The molecule has 0 N–H and O–H groups in total. The van der Waals surface area contributed by atoms with Gasteiger partial charge in [0.1, 0.15) is 19.2 Å². The highest BCUT2D eigenvalue weighted by molar-refractivity contribution is 7.04. The van der Waals surface area contributed by atoms with Gasteiger partial charge in [-0.2, -0.15) is 0 Å². The van der Waals surface area contributed by atoms with Crippen molar-refractivity contribution in [2.24, 2.45) is 0 Å². The van der Waals surface area contributed by atoms with Crippen molar-refractivity contribution in [3.8, 4) is 33.4 Å². The van der Waals surface area contributed by atoms with Crippen LogP contribution < -0.4 is 15.3 Å². The molecule has 10 rings (SSSR count). The molecule has 0 amide bonds. The van der Waals surface area contributed by atoms with Crippen molar-refractivity contribution in [1.82, 2.24) is 0 Å². The van der Waals surface area contributed by atoms with Gasteiger partial charge in [0, 0.05) is 27.7 Å². The Kier molecular flexibility index (Phi) is 6.67. The maximum absolute atomic E-state index is 6.37. The summed E-state index contributed by atoms with van der Waals surface area (Å²) in [6, 6.07) is 64.0. The van der Waals surface area contributed by atoms with Crippen LogP contribution in [-0.4, -0.2) is 8.07 Å². The van der Waals surface area contributed by atoms with Gasteiger partial charge in [0.15, 0.2) is 0 Å². The second-order valence-electron chi connectivity index (χ2n) is 14.1. The molecule has 9 aromatic rings. The molecule has 0 saturated heterocycles. The van der Waals surface area contributed by atoms with Crippen LogP contribution >= 0.6 is 0 Å². The van der Waals surface area contributed by atoms with Crippen LogP contribution in [0.2, 0.25) is 13.1 Å². The van der Waals surface area contributed by atoms with Crippen molar-refractivity contribution in [1.29, 1.82) is 0 Å². The molecule has 0 spiro atoms. The summed E-state index contributed by atoms with van der Waals surface area (Å²) in [5.74, 6) is 0. The van der Waals surface area contributed by atoms with E-state index in [1.807, 2.05) is 0 Å². The number of rotatable bonds is 5. The molecule has 2 heterocycles. The number of anilines is 3. The standard InChI is InChI=1S/C48H35NOSi/c1-51(2)45-30-29-44-47(40-19-9-11-22-43(40)50-44)48(45)41-28-27-36(31-46(41)51)49(35-25-23-33(24-26-35)32-13-4-3-5-14-32)42-21-10-8-18-39(42)38-20-12-16-34-15-6-7-17-37(34)38/h3-31H,1-2H3. The predicted molar refractivity (Wildman–Crippen MR) is 219 cm³/mol. The minimum absolute atomic E-state index is 0.945. The van der Waals surface area contributed by atoms with Crippen molar-refractivity contribution < 1.29 is 4.42 Å². The smallest absolute Gasteiger partial charge is 0.136 e. The van der Waals surface area contributed by atoms with Gasteiger partial charge in [-0.3, -0.25) is 0 Å². The molecule has 0 aliphatic carbocycles. The van der Waals surface area contributed by atoms with Crippen molar-refractivity contribution in [3.63, 3.8) is 0 Å². The third-order valence-electron chi connectivity index (χ3n) is 10.9. The van der Waals surface area contributed by atoms with Crippen LogP contribution in [0.25, 0.3) is 66.1 Å². The summed E-state index contributed by atoms with van der Waals surface area (Å²) in [6.45, 7) is 5.00. The summed E-state index contributed by atoms with van der Waals surface area (Å²) in [7, 11) is -2.07. The zero-order valence-corrected chi connectivity index (χ0v) is 29.6. The Morgan fingerprint density at radius 2 is 1.12 bits per heavy atom. The van der Waals surface area contributed by atoms with Crippen molar-refractivity contribution in [2.45, 2.75) is 13.1 Å². The molecule has 0 fully saturated rings. The molecule has 0 atom stereocenters. The van der Waals surface area contributed by atoms with Gasteiger partial charge >= 0.3 is 0 Å². The topological polar surface area (TPSA) is 16.4 Å². The Balaban J connectivity index is 1.20. The summed E-state index contributed by atoms with van der Waals surface area (Å²) < 4.78 is 6.37. The number of fused-ring (bicyclic) bond motifs is 8. The monoisotopic (exact) mass is 669 g/mol. The Hall–Kier alpha value is -6.16. The fourth-order valence-electron chi connectivity index (χ4n) is 8.39. The van der Waals surface area contributed by atoms with E-state index >= 15 is 0 Å². The Morgan fingerprint density at radius 1 is 0.451 bits per heavy atom. The van der Waals surface area contributed by atoms with E-state index < -0.39 is 8.07 Å². The molecule has 0 bridgehead atoms. The first kappa shape index (κ1) is 29.7. The van der Waals surface area contributed by atoms with Crippen molar-refractivity contribution in [2.75, 3.05) is 4.90 Å². The first-order valence-electron chi connectivity index (χ1n) is 17.7. The molecule has 0 radical (unpaired) electrons. The number of nitrogens with zero attached hydrogens (tertiary/aromatic N) is 1. The predicted octanol–water partition coefficient (Wildman–Crippen LogP) is 12.3. The molecular weight excluding hydrogens is 635 g/mol. The highest BCUT2D eigenvalue weighted by Gasteiger charge is 2.40. The second kappa shape index (κ2) is 11.4. The van der Waals surface area contributed by atoms with E-state index in [9.17, 15) is 0 Å². The molecule has 1 aromatic heterocycles. The van der Waals surface area contributed by atoms with Crippen LogP contribution in [0, 0.1) is 0 Å². The molecule has 3 heteroatoms. The maximum atomic E-state index is 6.37. The molecule has 1 aliphatic heterocycles. The fourth-order valence-corrected chi connectivity index (χ4v) is 11.5. The average Bonchev–Trinajstić information content (AvgIpc) is 3.67. The van der Waals surface area contributed by atoms with Gasteiger partial charge in [0.25, 0.3) is 0 Å². The largest absolute Gasteiger partial charge is 0.456 e. The molecule has 8 aromatic carbocycles. The third-order valence-corrected chi connectivity index (χ3v) is 14.4. The zero-order chi connectivity index (χ0) is 34.1. The van der Waals surface area contributed by atoms with E-state index in [0.717, 1.165) is 28.2 Å². The number of furan rings is 1. The first-order valence-corrected chi connectivity index (χ1v) is 20.7. The minimum atomic E-state index is -2.07. The zero-order valence-electron chi connectivity index (χ0n) is 28.6. The molecule has 51 heavy (non-hydrogen) atoms. The van der Waals surface area contributed by atoms with Crippen LogP contribution in [0.3, 0.4) is 0 Å². The van der Waals surface area contributed by atoms with Gasteiger partial charge in [0.2, 0.25) is 0 Å². The first-order chi connectivity index (χ1) is 25.1. The number of hydrogen-bond donors (Lipinski definition) is 0. The van der Waals surface area contributed by atoms with Gasteiger partial charge in [-0.15, -0.1) is 0 Å². The molecule has 0 saturated carbocycles. The van der Waals surface area contributed by atoms with Gasteiger partial charge < -0.3 is 9.32 Å². The Labute approximate surface area is 298 Å². The third kappa shape index (κ3) is 4.62. The summed E-state index contributed by atoms with van der Waals surface area (Å²) in [6.07, 6.45) is 0. The minimum Gasteiger partial charge on any atom is -0.456 e. The summed E-state index contributed by atoms with van der Waals surface area (Å²) in [5, 5.41) is 7.86. The van der Waals surface area contributed by atoms with E-state index in [2.05, 4.69) is 194 Å². The van der Waals surface area contributed by atoms with E-state index in [0.29, 0.717) is 0 Å². The van der Waals surface area contributed by atoms with E-state index in [1.165, 1.54) is 65.3 Å². The van der Waals surface area contributed by atoms with Gasteiger partial charge in [0.05, 0.1) is 5.69 Å². The van der Waals surface area contributed by atoms with Crippen LogP contribution in [0.4, 0.5) is 17.1 Å². The number of hydrogen-bond acceptors (Lipinski definition) is 2. The van der Waals surface area contributed by atoms with Crippen LogP contribution in [0.5, 0.6) is 0 Å². The summed E-state index contributed by atoms with van der Waals surface area (Å²) >= 11 is 0.